The van der Waals surface area contributed by atoms with Gasteiger partial charge in [0.1, 0.15) is 40.9 Å². The molecule has 0 atom stereocenters. The van der Waals surface area contributed by atoms with Crippen LogP contribution in [0.2, 0.25) is 0 Å². The molecule has 3 N–H and O–H groups in total. The summed E-state index contributed by atoms with van der Waals surface area (Å²) >= 11 is 5.30. The number of rotatable bonds is 9. The monoisotopic (exact) mass is 1130 g/mol. The zero-order chi connectivity index (χ0) is 42.0. The summed E-state index contributed by atoms with van der Waals surface area (Å²) in [5.74, 6) is -1.75. The second-order valence-corrected chi connectivity index (χ2v) is 28.6. The molecule has 0 unspecified atom stereocenters. The first-order valence-electron chi connectivity index (χ1n) is 16.2. The van der Waals surface area contributed by atoms with E-state index in [1.165, 1.54) is 18.2 Å². The average Bonchev–Trinajstić information content (AvgIpc) is 3.91. The molecule has 12 nitrogen and oxygen atoms in total. The number of nitrogens with zero attached hydrogens (tertiary/aromatic N) is 9. The van der Waals surface area contributed by atoms with Gasteiger partial charge in [0.2, 0.25) is 0 Å². The molecule has 0 aliphatic carbocycles. The fraction of sp³-hybridized carbons (Fsp3) is 0.194. The van der Waals surface area contributed by atoms with Crippen LogP contribution >= 0.6 is 37.2 Å². The van der Waals surface area contributed by atoms with Gasteiger partial charge in [-0.2, -0.15) is 23.5 Å². The van der Waals surface area contributed by atoms with Crippen molar-refractivity contribution in [1.82, 2.24) is 38.7 Å². The molecule has 0 radical (unpaired) electrons. The second kappa shape index (κ2) is 20.4. The summed E-state index contributed by atoms with van der Waals surface area (Å²) < 4.78 is 86.3. The van der Waals surface area contributed by atoms with Crippen molar-refractivity contribution in [2.45, 2.75) is 19.3 Å². The third-order valence-electron chi connectivity index (χ3n) is 7.64. The van der Waals surface area contributed by atoms with Gasteiger partial charge in [0.05, 0.1) is 35.7 Å². The summed E-state index contributed by atoms with van der Waals surface area (Å²) in [5, 5.41) is 14.7. The van der Waals surface area contributed by atoms with E-state index >= 15 is 0 Å². The van der Waals surface area contributed by atoms with Crippen LogP contribution < -0.4 is 24.3 Å². The number of nitrogens with two attached hydrogens (primary N) is 1. The fourth-order valence-electron chi connectivity index (χ4n) is 5.15. The molecule has 1 amide bonds. The number of nitriles is 1. The van der Waals surface area contributed by atoms with Crippen molar-refractivity contribution in [3.05, 3.63) is 132 Å². The molecule has 6 aromatic rings. The molecule has 3 aromatic heterocycles. The molecule has 0 saturated heterocycles. The number of hydrogen-bond donors (Lipinski definition) is 2. The standard InChI is InChI=1S/C24H18F5N7O.C12H15FN4.I3/c1-34(2)13-22-31-7-8-35(22)15-4-6-19(18(26)10-15)32-23(37)20-11-21(24(27,28)29)33-36(20)16-3-5-17(25)14(9-16)12-30;1-16(2)8-12-15-5-6-17(12)9-3-4-11(14)10(13)7-9;1-3-2/h3-11H,13H2,1-2H3,(H,32,37);3-7H,8,14H2,1-2H3;/q;;-1. The van der Waals surface area contributed by atoms with Gasteiger partial charge in [0, 0.05) is 54.4 Å². The maximum atomic E-state index is 14.9. The molecule has 6 rings (SSSR count). The molecule has 57 heavy (non-hydrogen) atoms. The van der Waals surface area contributed by atoms with Crippen LogP contribution in [0.4, 0.5) is 37.7 Å². The number of amides is 1. The first kappa shape index (κ1) is 45.4. The Morgan fingerprint density at radius 1 is 0.825 bits per heavy atom. The van der Waals surface area contributed by atoms with Crippen LogP contribution in [0.5, 0.6) is 0 Å². The molecule has 21 heteroatoms. The van der Waals surface area contributed by atoms with Crippen LogP contribution in [-0.4, -0.2) is 72.8 Å². The molecule has 0 aliphatic heterocycles. The third kappa shape index (κ3) is 12.1. The SMILES string of the molecule is CN(C)Cc1nccn1-c1ccc(N)c(F)c1.CN(C)Cc1nccn1-c1ccc(NC(=O)c2cc(C(F)(F)F)nn2-c2ccc(F)c(C#N)c2)c(F)c1.I[I-]I. The van der Waals surface area contributed by atoms with Gasteiger partial charge in [0.25, 0.3) is 5.91 Å². The molecule has 0 saturated carbocycles. The number of carbonyl (C=O) groups is 1. The van der Waals surface area contributed by atoms with Gasteiger partial charge >= 0.3 is 56.7 Å². The van der Waals surface area contributed by atoms with Crippen molar-refractivity contribution in [3.63, 3.8) is 0 Å². The number of benzene rings is 3. The zero-order valence-electron chi connectivity index (χ0n) is 30.4. The van der Waals surface area contributed by atoms with Crippen LogP contribution in [0, 0.1) is 28.8 Å². The van der Waals surface area contributed by atoms with E-state index in [1.54, 1.807) is 41.4 Å². The van der Waals surface area contributed by atoms with Crippen molar-refractivity contribution < 1.29 is 44.4 Å². The third-order valence-corrected chi connectivity index (χ3v) is 7.64. The molecule has 0 fully saturated rings. The Morgan fingerprint density at radius 2 is 1.35 bits per heavy atom. The van der Waals surface area contributed by atoms with Crippen molar-refractivity contribution >= 4 is 54.5 Å². The van der Waals surface area contributed by atoms with E-state index in [4.69, 9.17) is 11.0 Å². The van der Waals surface area contributed by atoms with E-state index in [9.17, 15) is 31.1 Å². The van der Waals surface area contributed by atoms with Gasteiger partial charge in [-0.1, -0.05) is 0 Å². The fourth-order valence-corrected chi connectivity index (χ4v) is 5.15. The van der Waals surface area contributed by atoms with Crippen LogP contribution in [0.15, 0.2) is 85.5 Å². The molecule has 3 heterocycles. The van der Waals surface area contributed by atoms with E-state index in [0.717, 1.165) is 35.8 Å². The van der Waals surface area contributed by atoms with Crippen LogP contribution in [0.25, 0.3) is 17.1 Å². The summed E-state index contributed by atoms with van der Waals surface area (Å²) in [6.45, 7) is 1.18. The van der Waals surface area contributed by atoms with Crippen molar-refractivity contribution in [1.29, 1.82) is 5.26 Å². The molecule has 302 valence electrons. The quantitative estimate of drug-likeness (QED) is 0.118. The summed E-state index contributed by atoms with van der Waals surface area (Å²) in [6.07, 6.45) is 1.80. The summed E-state index contributed by atoms with van der Waals surface area (Å²) in [5.41, 5.74) is 3.85. The first-order chi connectivity index (χ1) is 27.0. The van der Waals surface area contributed by atoms with Crippen LogP contribution in [0.1, 0.15) is 33.4 Å². The minimum absolute atomic E-state index is 0.156. The number of nitrogens with one attached hydrogen (secondary N) is 1. The Hall–Kier alpha value is -4.26. The van der Waals surface area contributed by atoms with Gasteiger partial charge in [-0.3, -0.25) is 4.79 Å². The number of hydrogen-bond acceptors (Lipinski definition) is 8. The van der Waals surface area contributed by atoms with E-state index in [-0.39, 0.29) is 17.1 Å². The Balaban J connectivity index is 0.000000298. The Kier molecular flexibility index (Phi) is 16.3. The predicted molar refractivity (Wildman–Crippen MR) is 215 cm³/mol. The number of imidazole rings is 2. The molecule has 0 aliphatic rings. The topological polar surface area (TPSA) is 139 Å². The van der Waals surface area contributed by atoms with Gasteiger partial charge < -0.3 is 30.0 Å². The van der Waals surface area contributed by atoms with Crippen LogP contribution in [-0.2, 0) is 19.3 Å². The van der Waals surface area contributed by atoms with Crippen LogP contribution in [0.3, 0.4) is 0 Å². The number of anilines is 2. The van der Waals surface area contributed by atoms with Crippen molar-refractivity contribution in [2.24, 2.45) is 0 Å². The van der Waals surface area contributed by atoms with Crippen molar-refractivity contribution in [2.75, 3.05) is 39.2 Å². The van der Waals surface area contributed by atoms with E-state index < -0.39 is 46.5 Å². The minimum atomic E-state index is -4.90. The molecule has 3 aromatic carbocycles. The zero-order valence-corrected chi connectivity index (χ0v) is 36.9. The number of carbonyl (C=O) groups excluding carboxylic acids is 1. The van der Waals surface area contributed by atoms with Gasteiger partial charge in [0.15, 0.2) is 5.69 Å². The number of alkyl halides is 3. The Morgan fingerprint density at radius 3 is 1.84 bits per heavy atom. The maximum absolute atomic E-state index is 14.9. The van der Waals surface area contributed by atoms with E-state index in [2.05, 4.69) is 57.6 Å². The van der Waals surface area contributed by atoms with E-state index in [0.29, 0.717) is 48.6 Å². The van der Waals surface area contributed by atoms with Gasteiger partial charge in [-0.05, 0) is 70.7 Å². The Labute approximate surface area is 353 Å². The van der Waals surface area contributed by atoms with Crippen molar-refractivity contribution in [3.8, 4) is 23.1 Å². The first-order valence-corrected chi connectivity index (χ1v) is 28.8. The molecule has 0 bridgehead atoms. The summed E-state index contributed by atoms with van der Waals surface area (Å²) in [4.78, 5) is 25.3. The number of halogens is 9. The Bertz CT molecular complexity index is 2350. The van der Waals surface area contributed by atoms with E-state index in [1.807, 2.05) is 48.8 Å². The van der Waals surface area contributed by atoms with Gasteiger partial charge in [-0.25, -0.2) is 27.8 Å². The summed E-state index contributed by atoms with van der Waals surface area (Å²) in [6, 6.07) is 13.6. The molecular weight excluding hydrogens is 1100 g/mol. The summed E-state index contributed by atoms with van der Waals surface area (Å²) in [7, 11) is 7.62. The normalized spacial score (nSPS) is 11.2. The molecule has 0 spiro atoms. The number of nitrogen functional groups attached to an aromatic ring is 1. The molecular formula is C36H33F6I3N11O-. The second-order valence-electron chi connectivity index (χ2n) is 12.4. The number of aromatic nitrogens is 6. The predicted octanol–water partition coefficient (Wildman–Crippen LogP) is 4.97. The average molecular weight is 1130 g/mol. The van der Waals surface area contributed by atoms with Gasteiger partial charge in [-0.15, -0.1) is 0 Å².